The van der Waals surface area contributed by atoms with E-state index in [2.05, 4.69) is 26.8 Å². The minimum absolute atomic E-state index is 0.205. The predicted octanol–water partition coefficient (Wildman–Crippen LogP) is 7.13. The summed E-state index contributed by atoms with van der Waals surface area (Å²) in [5, 5.41) is 0. The molecule has 0 aromatic heterocycles. The molecule has 0 saturated heterocycles. The van der Waals surface area contributed by atoms with Gasteiger partial charge in [-0.25, -0.2) is 4.39 Å². The molecule has 4 aliphatic carbocycles. The van der Waals surface area contributed by atoms with Crippen LogP contribution in [0.5, 0.6) is 0 Å². The fourth-order valence-electron chi connectivity index (χ4n) is 9.69. The Morgan fingerprint density at radius 1 is 1.00 bits per heavy atom. The van der Waals surface area contributed by atoms with Crippen LogP contribution in [0.15, 0.2) is 11.6 Å². The fourth-order valence-corrected chi connectivity index (χ4v) is 9.69. The summed E-state index contributed by atoms with van der Waals surface area (Å²) in [5.74, 6) is 1.47. The quantitative estimate of drug-likeness (QED) is 0.178. The van der Waals surface area contributed by atoms with Crippen LogP contribution in [0, 0.1) is 40.4 Å². The molecule has 0 aliphatic heterocycles. The van der Waals surface area contributed by atoms with Gasteiger partial charge in [-0.2, -0.15) is 0 Å². The van der Waals surface area contributed by atoms with Crippen LogP contribution >= 0.6 is 0 Å². The van der Waals surface area contributed by atoms with Crippen molar-refractivity contribution in [1.82, 2.24) is 0 Å². The molecular formula is C33H51FO6. The first-order chi connectivity index (χ1) is 18.6. The molecule has 0 amide bonds. The molecule has 3 fully saturated rings. The minimum Gasteiger partial charge on any atom is -0.462 e. The summed E-state index contributed by atoms with van der Waals surface area (Å²) in [4.78, 5) is 35.5. The first-order valence-corrected chi connectivity index (χ1v) is 15.5. The molecule has 1 unspecified atom stereocenters. The highest BCUT2D eigenvalue weighted by atomic mass is 19.1. The Morgan fingerprint density at radius 2 is 1.68 bits per heavy atom. The van der Waals surface area contributed by atoms with Gasteiger partial charge in [0.2, 0.25) is 0 Å². The molecule has 0 aromatic carbocycles. The maximum Gasteiger partial charge on any atom is 0.303 e. The average Bonchev–Trinajstić information content (AvgIpc) is 3.18. The topological polar surface area (TPSA) is 78.9 Å². The molecule has 0 radical (unpaired) electrons. The summed E-state index contributed by atoms with van der Waals surface area (Å²) in [5.41, 5.74) is -0.328. The lowest BCUT2D eigenvalue weighted by Gasteiger charge is -2.60. The number of carbonyl (C=O) groups excluding carboxylic acids is 3. The van der Waals surface area contributed by atoms with E-state index < -0.39 is 17.7 Å². The second kappa shape index (κ2) is 11.4. The second-order valence-electron chi connectivity index (χ2n) is 14.3. The van der Waals surface area contributed by atoms with E-state index in [-0.39, 0.29) is 35.0 Å². The maximum absolute atomic E-state index is 14.8. The van der Waals surface area contributed by atoms with E-state index in [9.17, 15) is 18.8 Å². The van der Waals surface area contributed by atoms with Crippen molar-refractivity contribution in [1.29, 1.82) is 0 Å². The number of ether oxygens (including phenoxy) is 3. The lowest BCUT2D eigenvalue weighted by atomic mass is 9.46. The molecular weight excluding hydrogens is 511 g/mol. The molecule has 4 aliphatic rings. The number of carbonyl (C=O) groups is 3. The standard InChI is InChI=1S/C33H51FO6/c1-19(9-14-29(31(5,6)34)39-21(3)36)26-12-13-27-25-11-10-23-17-24(38-20(2)35)18-30(40-22(4)37)33(23,8)28(25)15-16-32(26,27)7/h10,19,24-30H,9,11-18H2,1-8H3/t19-,24-,25+,26-,27+,28+,29?,30+,32-,33+/m1/s1. The molecule has 0 aromatic rings. The SMILES string of the molecule is CC(=O)OC(CC[C@@H](C)[C@H]1CC[C@H]2[C@@H]3CC=C4C[C@@H](OC(C)=O)C[C@H](OC(C)=O)[C@]4(C)[C@H]3CC[C@]12C)C(C)(C)F. The Balaban J connectivity index is 1.53. The van der Waals surface area contributed by atoms with Crippen molar-refractivity contribution in [2.45, 2.75) is 137 Å². The van der Waals surface area contributed by atoms with Gasteiger partial charge in [-0.05, 0) is 93.8 Å². The zero-order valence-corrected chi connectivity index (χ0v) is 25.9. The molecule has 3 saturated carbocycles. The van der Waals surface area contributed by atoms with Crippen molar-refractivity contribution in [3.63, 3.8) is 0 Å². The predicted molar refractivity (Wildman–Crippen MR) is 151 cm³/mol. The van der Waals surface area contributed by atoms with Gasteiger partial charge in [-0.1, -0.05) is 32.4 Å². The van der Waals surface area contributed by atoms with E-state index in [1.165, 1.54) is 46.6 Å². The summed E-state index contributed by atoms with van der Waals surface area (Å²) in [6.45, 7) is 14.3. The number of halogens is 1. The Morgan fingerprint density at radius 3 is 2.27 bits per heavy atom. The fraction of sp³-hybridized carbons (Fsp3) is 0.848. The number of allylic oxidation sites excluding steroid dienone is 1. The van der Waals surface area contributed by atoms with Gasteiger partial charge in [-0.15, -0.1) is 0 Å². The van der Waals surface area contributed by atoms with Crippen molar-refractivity contribution in [2.24, 2.45) is 40.4 Å². The van der Waals surface area contributed by atoms with E-state index in [1.807, 2.05) is 0 Å². The molecule has 4 rings (SSSR count). The van der Waals surface area contributed by atoms with E-state index in [1.54, 1.807) is 0 Å². The third kappa shape index (κ3) is 5.86. The Labute approximate surface area is 240 Å². The van der Waals surface area contributed by atoms with Crippen molar-refractivity contribution < 1.29 is 33.0 Å². The van der Waals surface area contributed by atoms with E-state index in [4.69, 9.17) is 14.2 Å². The number of fused-ring (bicyclic) bond motifs is 5. The van der Waals surface area contributed by atoms with Gasteiger partial charge >= 0.3 is 17.9 Å². The van der Waals surface area contributed by atoms with Crippen LogP contribution in [-0.4, -0.2) is 41.9 Å². The lowest BCUT2D eigenvalue weighted by Crippen LogP contribution is -2.57. The average molecular weight is 563 g/mol. The van der Waals surface area contributed by atoms with Crippen LogP contribution in [0.3, 0.4) is 0 Å². The lowest BCUT2D eigenvalue weighted by molar-refractivity contribution is -0.172. The number of esters is 3. The smallest absolute Gasteiger partial charge is 0.303 e. The van der Waals surface area contributed by atoms with Gasteiger partial charge in [-0.3, -0.25) is 14.4 Å². The highest BCUT2D eigenvalue weighted by Gasteiger charge is 2.62. The third-order valence-corrected chi connectivity index (χ3v) is 11.5. The van der Waals surface area contributed by atoms with Gasteiger partial charge in [0.15, 0.2) is 0 Å². The normalized spacial score (nSPS) is 38.6. The van der Waals surface area contributed by atoms with E-state index in [0.29, 0.717) is 48.9 Å². The summed E-state index contributed by atoms with van der Waals surface area (Å²) < 4.78 is 31.8. The van der Waals surface area contributed by atoms with Crippen molar-refractivity contribution in [2.75, 3.05) is 0 Å². The van der Waals surface area contributed by atoms with Gasteiger partial charge in [0.1, 0.15) is 24.0 Å². The van der Waals surface area contributed by atoms with Gasteiger partial charge in [0, 0.05) is 39.0 Å². The summed E-state index contributed by atoms with van der Waals surface area (Å²) in [7, 11) is 0. The van der Waals surface area contributed by atoms with Crippen LogP contribution < -0.4 is 0 Å². The molecule has 226 valence electrons. The van der Waals surface area contributed by atoms with Gasteiger partial charge in [0.05, 0.1) is 0 Å². The summed E-state index contributed by atoms with van der Waals surface area (Å²) in [6.07, 6.45) is 9.29. The molecule has 40 heavy (non-hydrogen) atoms. The molecule has 0 heterocycles. The monoisotopic (exact) mass is 562 g/mol. The van der Waals surface area contributed by atoms with Crippen LogP contribution in [-0.2, 0) is 28.6 Å². The van der Waals surface area contributed by atoms with Crippen molar-refractivity contribution in [3.05, 3.63) is 11.6 Å². The highest BCUT2D eigenvalue weighted by Crippen LogP contribution is 2.67. The Hall–Kier alpha value is -1.92. The van der Waals surface area contributed by atoms with E-state index in [0.717, 1.165) is 32.1 Å². The number of rotatable bonds is 8. The summed E-state index contributed by atoms with van der Waals surface area (Å²) in [6, 6.07) is 0. The van der Waals surface area contributed by atoms with Crippen molar-refractivity contribution in [3.8, 4) is 0 Å². The highest BCUT2D eigenvalue weighted by molar-refractivity contribution is 5.67. The molecule has 6 nitrogen and oxygen atoms in total. The first kappa shape index (κ1) is 31.0. The largest absolute Gasteiger partial charge is 0.462 e. The van der Waals surface area contributed by atoms with Crippen LogP contribution in [0.25, 0.3) is 0 Å². The second-order valence-corrected chi connectivity index (χ2v) is 14.3. The molecule has 0 bridgehead atoms. The first-order valence-electron chi connectivity index (χ1n) is 15.5. The van der Waals surface area contributed by atoms with E-state index >= 15 is 0 Å². The number of hydrogen-bond acceptors (Lipinski definition) is 6. The zero-order valence-electron chi connectivity index (χ0n) is 25.9. The Bertz CT molecular complexity index is 1010. The summed E-state index contributed by atoms with van der Waals surface area (Å²) >= 11 is 0. The number of alkyl halides is 1. The Kier molecular flexibility index (Phi) is 8.84. The molecule has 10 atom stereocenters. The van der Waals surface area contributed by atoms with Crippen LogP contribution in [0.2, 0.25) is 0 Å². The molecule has 7 heteroatoms. The van der Waals surface area contributed by atoms with Gasteiger partial charge < -0.3 is 14.2 Å². The maximum atomic E-state index is 14.8. The minimum atomic E-state index is -1.57. The van der Waals surface area contributed by atoms with Crippen LogP contribution in [0.1, 0.15) is 113 Å². The zero-order chi connectivity index (χ0) is 29.6. The van der Waals surface area contributed by atoms with Crippen LogP contribution in [0.4, 0.5) is 4.39 Å². The van der Waals surface area contributed by atoms with Crippen molar-refractivity contribution >= 4 is 17.9 Å². The van der Waals surface area contributed by atoms with Gasteiger partial charge in [0.25, 0.3) is 0 Å². The number of hydrogen-bond donors (Lipinski definition) is 0. The molecule has 0 N–H and O–H groups in total. The third-order valence-electron chi connectivity index (χ3n) is 11.5. The molecule has 0 spiro atoms.